The van der Waals surface area contributed by atoms with Gasteiger partial charge in [0.25, 0.3) is 0 Å². The third-order valence-corrected chi connectivity index (χ3v) is 4.09. The smallest absolute Gasteiger partial charge is 0.0513 e. The molecule has 0 bridgehead atoms. The molecule has 1 aliphatic rings. The first-order chi connectivity index (χ1) is 9.83. The predicted octanol–water partition coefficient (Wildman–Crippen LogP) is 3.31. The molecule has 2 unspecified atom stereocenters. The van der Waals surface area contributed by atoms with Crippen LogP contribution in [0.2, 0.25) is 0 Å². The van der Waals surface area contributed by atoms with E-state index in [-0.39, 0.29) is 6.04 Å². The summed E-state index contributed by atoms with van der Waals surface area (Å²) in [6.07, 6.45) is 2.05. The van der Waals surface area contributed by atoms with Crippen molar-refractivity contribution in [1.82, 2.24) is 0 Å². The first-order valence-corrected chi connectivity index (χ1v) is 7.29. The van der Waals surface area contributed by atoms with E-state index in [0.29, 0.717) is 5.92 Å². The van der Waals surface area contributed by atoms with Gasteiger partial charge in [-0.1, -0.05) is 54.6 Å². The van der Waals surface area contributed by atoms with Crippen LogP contribution in [0, 0.1) is 5.92 Å². The van der Waals surface area contributed by atoms with Crippen LogP contribution >= 0.6 is 0 Å². The molecule has 0 amide bonds. The van der Waals surface area contributed by atoms with Gasteiger partial charge in [-0.2, -0.15) is 0 Å². The molecule has 0 aliphatic carbocycles. The second-order valence-electron chi connectivity index (χ2n) is 5.55. The highest BCUT2D eigenvalue weighted by atomic mass is 16.5. The van der Waals surface area contributed by atoms with E-state index in [1.165, 1.54) is 16.7 Å². The summed E-state index contributed by atoms with van der Waals surface area (Å²) < 4.78 is 5.42. The number of benzene rings is 2. The molecule has 2 heteroatoms. The maximum Gasteiger partial charge on any atom is 0.0513 e. The molecule has 2 aromatic carbocycles. The zero-order chi connectivity index (χ0) is 13.8. The zero-order valence-corrected chi connectivity index (χ0v) is 11.7. The van der Waals surface area contributed by atoms with E-state index in [0.717, 1.165) is 26.1 Å². The minimum Gasteiger partial charge on any atom is -0.381 e. The van der Waals surface area contributed by atoms with Crippen LogP contribution in [0.15, 0.2) is 54.6 Å². The largest absolute Gasteiger partial charge is 0.381 e. The highest BCUT2D eigenvalue weighted by Gasteiger charge is 2.23. The summed E-state index contributed by atoms with van der Waals surface area (Å²) in [6.45, 7) is 1.65. The predicted molar refractivity (Wildman–Crippen MR) is 81.5 cm³/mol. The highest BCUT2D eigenvalue weighted by Crippen LogP contribution is 2.27. The number of rotatable bonds is 4. The third-order valence-electron chi connectivity index (χ3n) is 4.09. The minimum absolute atomic E-state index is 0.100. The zero-order valence-electron chi connectivity index (χ0n) is 11.7. The summed E-state index contributed by atoms with van der Waals surface area (Å²) in [5.74, 6) is 0.468. The fraction of sp³-hybridized carbons (Fsp3) is 0.333. The summed E-state index contributed by atoms with van der Waals surface area (Å²) in [7, 11) is 0. The molecule has 1 saturated heterocycles. The Kier molecular flexibility index (Phi) is 4.14. The Labute approximate surface area is 120 Å². The van der Waals surface area contributed by atoms with Gasteiger partial charge in [0.2, 0.25) is 0 Å². The number of nitrogens with two attached hydrogens (primary N) is 1. The van der Waals surface area contributed by atoms with Gasteiger partial charge in [0.15, 0.2) is 0 Å². The van der Waals surface area contributed by atoms with Gasteiger partial charge in [-0.3, -0.25) is 0 Å². The van der Waals surface area contributed by atoms with Crippen LogP contribution in [0.25, 0.3) is 0 Å². The number of hydrogen-bond acceptors (Lipinski definition) is 2. The van der Waals surface area contributed by atoms with Crippen molar-refractivity contribution < 1.29 is 4.74 Å². The Balaban J connectivity index is 1.68. The van der Waals surface area contributed by atoms with E-state index in [2.05, 4.69) is 54.6 Å². The molecule has 2 atom stereocenters. The van der Waals surface area contributed by atoms with Gasteiger partial charge in [-0.15, -0.1) is 0 Å². The third kappa shape index (κ3) is 3.09. The van der Waals surface area contributed by atoms with E-state index >= 15 is 0 Å². The second kappa shape index (κ2) is 6.21. The van der Waals surface area contributed by atoms with Gasteiger partial charge >= 0.3 is 0 Å². The second-order valence-corrected chi connectivity index (χ2v) is 5.55. The molecule has 1 aliphatic heterocycles. The van der Waals surface area contributed by atoms with Gasteiger partial charge < -0.3 is 10.5 Å². The Bertz CT molecular complexity index is 529. The van der Waals surface area contributed by atoms with Crippen LogP contribution in [-0.2, 0) is 11.2 Å². The molecule has 1 heterocycles. The van der Waals surface area contributed by atoms with Gasteiger partial charge in [0, 0.05) is 18.6 Å². The standard InChI is InChI=1S/C18H21NO/c19-18(17-10-11-20-13-17)16-8-6-15(7-9-16)12-14-4-2-1-3-5-14/h1-9,17-18H,10-13,19H2. The molecule has 1 fully saturated rings. The quantitative estimate of drug-likeness (QED) is 0.922. The monoisotopic (exact) mass is 267 g/mol. The summed E-state index contributed by atoms with van der Waals surface area (Å²) in [5, 5.41) is 0. The lowest BCUT2D eigenvalue weighted by molar-refractivity contribution is 0.181. The van der Waals surface area contributed by atoms with Gasteiger partial charge in [0.05, 0.1) is 6.61 Å². The average molecular weight is 267 g/mol. The summed E-state index contributed by atoms with van der Waals surface area (Å²) in [4.78, 5) is 0. The molecule has 3 rings (SSSR count). The van der Waals surface area contributed by atoms with Crippen LogP contribution in [0.3, 0.4) is 0 Å². The lowest BCUT2D eigenvalue weighted by Gasteiger charge is -2.18. The molecule has 2 nitrogen and oxygen atoms in total. The van der Waals surface area contributed by atoms with Crippen molar-refractivity contribution in [3.05, 3.63) is 71.3 Å². The van der Waals surface area contributed by atoms with Crippen molar-refractivity contribution in [3.63, 3.8) is 0 Å². The maximum atomic E-state index is 6.32. The lowest BCUT2D eigenvalue weighted by Crippen LogP contribution is -2.21. The molecule has 2 N–H and O–H groups in total. The molecular formula is C18H21NO. The van der Waals surface area contributed by atoms with Crippen molar-refractivity contribution in [2.45, 2.75) is 18.9 Å². The van der Waals surface area contributed by atoms with Gasteiger partial charge in [0.1, 0.15) is 0 Å². The normalized spacial score (nSPS) is 19.9. The molecule has 104 valence electrons. The van der Waals surface area contributed by atoms with E-state index in [4.69, 9.17) is 10.5 Å². The number of hydrogen-bond donors (Lipinski definition) is 1. The summed E-state index contributed by atoms with van der Waals surface area (Å²) in [6, 6.07) is 19.4. The van der Waals surface area contributed by atoms with E-state index in [1.54, 1.807) is 0 Å². The van der Waals surface area contributed by atoms with Crippen molar-refractivity contribution in [3.8, 4) is 0 Å². The maximum absolute atomic E-state index is 6.32. The van der Waals surface area contributed by atoms with Crippen LogP contribution in [0.5, 0.6) is 0 Å². The van der Waals surface area contributed by atoms with E-state index in [9.17, 15) is 0 Å². The van der Waals surface area contributed by atoms with E-state index in [1.807, 2.05) is 0 Å². The molecule has 0 radical (unpaired) electrons. The van der Waals surface area contributed by atoms with Crippen molar-refractivity contribution >= 4 is 0 Å². The van der Waals surface area contributed by atoms with Gasteiger partial charge in [-0.05, 0) is 29.5 Å². The first kappa shape index (κ1) is 13.3. The Morgan fingerprint density at radius 3 is 2.35 bits per heavy atom. The van der Waals surface area contributed by atoms with Crippen molar-refractivity contribution in [2.75, 3.05) is 13.2 Å². The first-order valence-electron chi connectivity index (χ1n) is 7.29. The fourth-order valence-electron chi connectivity index (χ4n) is 2.80. The van der Waals surface area contributed by atoms with Gasteiger partial charge in [-0.25, -0.2) is 0 Å². The van der Waals surface area contributed by atoms with Crippen LogP contribution in [-0.4, -0.2) is 13.2 Å². The Morgan fingerprint density at radius 1 is 1.00 bits per heavy atom. The fourth-order valence-corrected chi connectivity index (χ4v) is 2.80. The Morgan fingerprint density at radius 2 is 1.70 bits per heavy atom. The lowest BCUT2D eigenvalue weighted by atomic mass is 9.92. The van der Waals surface area contributed by atoms with Crippen LogP contribution in [0.4, 0.5) is 0 Å². The molecule has 2 aromatic rings. The highest BCUT2D eigenvalue weighted by molar-refractivity contribution is 5.30. The SMILES string of the molecule is NC(c1ccc(Cc2ccccc2)cc1)C1CCOC1. The van der Waals surface area contributed by atoms with Crippen LogP contribution < -0.4 is 5.73 Å². The van der Waals surface area contributed by atoms with E-state index < -0.39 is 0 Å². The van der Waals surface area contributed by atoms with Crippen LogP contribution in [0.1, 0.15) is 29.2 Å². The topological polar surface area (TPSA) is 35.2 Å². The van der Waals surface area contributed by atoms with Crippen molar-refractivity contribution in [2.24, 2.45) is 11.7 Å². The Hall–Kier alpha value is -1.64. The summed E-state index contributed by atoms with van der Waals surface area (Å²) in [5.41, 5.74) is 10.2. The average Bonchev–Trinajstić information content (AvgIpc) is 3.03. The minimum atomic E-state index is 0.100. The molecular weight excluding hydrogens is 246 g/mol. The number of ether oxygens (including phenoxy) is 1. The molecule has 0 aromatic heterocycles. The summed E-state index contributed by atoms with van der Waals surface area (Å²) >= 11 is 0. The molecule has 20 heavy (non-hydrogen) atoms. The van der Waals surface area contributed by atoms with Crippen molar-refractivity contribution in [1.29, 1.82) is 0 Å². The molecule has 0 spiro atoms. The molecule has 0 saturated carbocycles.